The third-order valence-corrected chi connectivity index (χ3v) is 3.53. The number of fused-ring (bicyclic) bond motifs is 1. The summed E-state index contributed by atoms with van der Waals surface area (Å²) in [5.41, 5.74) is 0.286. The standard InChI is InChI=1S/C17H13N3O5/c1-24-13-4-2-3-11(9-13)19-17(21)14-8-10-7-12(20(22)23)5-6-15(10)25-16(14)18/h2-9,18H,1H3,(H,19,21). The van der Waals surface area contributed by atoms with Gasteiger partial charge in [0.2, 0.25) is 5.55 Å². The number of ether oxygens (including phenoxy) is 1. The number of hydrogen-bond acceptors (Lipinski definition) is 6. The Morgan fingerprint density at radius 2 is 2.04 bits per heavy atom. The minimum Gasteiger partial charge on any atom is -0.497 e. The van der Waals surface area contributed by atoms with Crippen LogP contribution in [-0.2, 0) is 0 Å². The summed E-state index contributed by atoms with van der Waals surface area (Å²) >= 11 is 0. The predicted octanol–water partition coefficient (Wildman–Crippen LogP) is 3.08. The molecule has 25 heavy (non-hydrogen) atoms. The zero-order valence-electron chi connectivity index (χ0n) is 13.1. The first-order valence-corrected chi connectivity index (χ1v) is 7.20. The molecule has 2 aromatic carbocycles. The monoisotopic (exact) mass is 339 g/mol. The average molecular weight is 339 g/mol. The fourth-order valence-electron chi connectivity index (χ4n) is 2.31. The van der Waals surface area contributed by atoms with Gasteiger partial charge in [-0.05, 0) is 24.3 Å². The van der Waals surface area contributed by atoms with E-state index in [1.807, 2.05) is 0 Å². The molecule has 1 amide bonds. The van der Waals surface area contributed by atoms with Gasteiger partial charge in [-0.2, -0.15) is 0 Å². The van der Waals surface area contributed by atoms with Crippen molar-refractivity contribution in [1.82, 2.24) is 0 Å². The van der Waals surface area contributed by atoms with Gasteiger partial charge in [0.1, 0.15) is 16.9 Å². The van der Waals surface area contributed by atoms with Crippen molar-refractivity contribution in [2.75, 3.05) is 12.4 Å². The summed E-state index contributed by atoms with van der Waals surface area (Å²) in [5.74, 6) is 0.0122. The number of amides is 1. The summed E-state index contributed by atoms with van der Waals surface area (Å²) in [7, 11) is 1.51. The molecular weight excluding hydrogens is 326 g/mol. The fraction of sp³-hybridized carbons (Fsp3) is 0.0588. The first-order chi connectivity index (χ1) is 12.0. The first kappa shape index (κ1) is 16.2. The molecule has 0 saturated heterocycles. The molecule has 0 saturated carbocycles. The van der Waals surface area contributed by atoms with E-state index in [9.17, 15) is 14.9 Å². The Bertz CT molecular complexity index is 1040. The third-order valence-electron chi connectivity index (χ3n) is 3.53. The van der Waals surface area contributed by atoms with Crippen LogP contribution in [0.2, 0.25) is 0 Å². The molecule has 0 aliphatic heterocycles. The highest BCUT2D eigenvalue weighted by atomic mass is 16.6. The van der Waals surface area contributed by atoms with Gasteiger partial charge in [-0.1, -0.05) is 6.07 Å². The summed E-state index contributed by atoms with van der Waals surface area (Å²) in [6.07, 6.45) is 0. The Morgan fingerprint density at radius 1 is 1.24 bits per heavy atom. The maximum absolute atomic E-state index is 12.4. The molecule has 8 nitrogen and oxygen atoms in total. The fourth-order valence-corrected chi connectivity index (χ4v) is 2.31. The molecule has 0 atom stereocenters. The zero-order valence-corrected chi connectivity index (χ0v) is 13.1. The molecule has 0 aliphatic rings. The Hall–Kier alpha value is -3.68. The van der Waals surface area contributed by atoms with E-state index in [0.29, 0.717) is 16.8 Å². The van der Waals surface area contributed by atoms with Crippen LogP contribution in [0.25, 0.3) is 11.0 Å². The number of nitrogens with zero attached hydrogens (tertiary/aromatic N) is 1. The van der Waals surface area contributed by atoms with Crippen molar-refractivity contribution in [2.45, 2.75) is 0 Å². The lowest BCUT2D eigenvalue weighted by molar-refractivity contribution is -0.384. The van der Waals surface area contributed by atoms with Gasteiger partial charge in [-0.3, -0.25) is 20.3 Å². The van der Waals surface area contributed by atoms with E-state index in [4.69, 9.17) is 14.6 Å². The van der Waals surface area contributed by atoms with Gasteiger partial charge in [-0.25, -0.2) is 0 Å². The molecule has 0 fully saturated rings. The van der Waals surface area contributed by atoms with Crippen LogP contribution in [0.4, 0.5) is 11.4 Å². The van der Waals surface area contributed by atoms with Crippen molar-refractivity contribution in [1.29, 1.82) is 5.41 Å². The van der Waals surface area contributed by atoms with Crippen LogP contribution in [-0.4, -0.2) is 17.9 Å². The quantitative estimate of drug-likeness (QED) is 0.559. The van der Waals surface area contributed by atoms with Gasteiger partial charge in [0.15, 0.2) is 0 Å². The van der Waals surface area contributed by atoms with Crippen molar-refractivity contribution >= 4 is 28.3 Å². The summed E-state index contributed by atoms with van der Waals surface area (Å²) in [5, 5.41) is 21.8. The van der Waals surface area contributed by atoms with E-state index in [1.54, 1.807) is 24.3 Å². The molecular formula is C17H13N3O5. The van der Waals surface area contributed by atoms with Gasteiger partial charge in [-0.15, -0.1) is 0 Å². The molecule has 8 heteroatoms. The van der Waals surface area contributed by atoms with Crippen molar-refractivity contribution in [2.24, 2.45) is 0 Å². The second-order valence-corrected chi connectivity index (χ2v) is 5.15. The molecule has 1 heterocycles. The van der Waals surface area contributed by atoms with Crippen LogP contribution in [0, 0.1) is 15.5 Å². The van der Waals surface area contributed by atoms with Crippen LogP contribution in [0.5, 0.6) is 5.75 Å². The van der Waals surface area contributed by atoms with E-state index >= 15 is 0 Å². The van der Waals surface area contributed by atoms with E-state index in [-0.39, 0.29) is 22.4 Å². The van der Waals surface area contributed by atoms with Crippen molar-refractivity contribution in [3.63, 3.8) is 0 Å². The lowest BCUT2D eigenvalue weighted by atomic mass is 10.1. The normalized spacial score (nSPS) is 10.4. The zero-order chi connectivity index (χ0) is 18.0. The molecule has 3 aromatic rings. The molecule has 0 spiro atoms. The highest BCUT2D eigenvalue weighted by Crippen LogP contribution is 2.21. The smallest absolute Gasteiger partial charge is 0.270 e. The van der Waals surface area contributed by atoms with Crippen LogP contribution < -0.4 is 15.6 Å². The predicted molar refractivity (Wildman–Crippen MR) is 89.7 cm³/mol. The van der Waals surface area contributed by atoms with E-state index in [2.05, 4.69) is 5.32 Å². The third kappa shape index (κ3) is 3.32. The second-order valence-electron chi connectivity index (χ2n) is 5.15. The van der Waals surface area contributed by atoms with Gasteiger partial charge in [0.05, 0.1) is 12.0 Å². The number of nitro benzene ring substituents is 1. The number of benzene rings is 2. The number of methoxy groups -OCH3 is 1. The second kappa shape index (κ2) is 6.44. The highest BCUT2D eigenvalue weighted by molar-refractivity contribution is 6.05. The molecule has 0 aliphatic carbocycles. The summed E-state index contributed by atoms with van der Waals surface area (Å²) in [4.78, 5) is 22.8. The number of carbonyl (C=O) groups excluding carboxylic acids is 1. The number of nitro groups is 1. The Kier molecular flexibility index (Phi) is 4.17. The summed E-state index contributed by atoms with van der Waals surface area (Å²) < 4.78 is 10.4. The minimum absolute atomic E-state index is 0.0317. The van der Waals surface area contributed by atoms with E-state index < -0.39 is 10.8 Å². The number of rotatable bonds is 4. The number of nitrogens with one attached hydrogen (secondary N) is 2. The lowest BCUT2D eigenvalue weighted by Crippen LogP contribution is -2.20. The molecule has 126 valence electrons. The van der Waals surface area contributed by atoms with Crippen LogP contribution in [0.1, 0.15) is 10.4 Å². The Balaban J connectivity index is 1.98. The summed E-state index contributed by atoms with van der Waals surface area (Å²) in [6.45, 7) is 0. The number of hydrogen-bond donors (Lipinski definition) is 2. The molecule has 0 unspecified atom stereocenters. The van der Waals surface area contributed by atoms with Crippen molar-refractivity contribution in [3.05, 3.63) is 69.8 Å². The van der Waals surface area contributed by atoms with Gasteiger partial charge in [0.25, 0.3) is 11.6 Å². The number of carbonyl (C=O) groups is 1. The number of anilines is 1. The van der Waals surface area contributed by atoms with E-state index in [0.717, 1.165) is 0 Å². The molecule has 0 bridgehead atoms. The Labute approximate surface area is 141 Å². The van der Waals surface area contributed by atoms with Crippen molar-refractivity contribution in [3.8, 4) is 5.75 Å². The lowest BCUT2D eigenvalue weighted by Gasteiger charge is -2.07. The molecule has 3 rings (SSSR count). The van der Waals surface area contributed by atoms with Gasteiger partial charge < -0.3 is 14.5 Å². The molecule has 2 N–H and O–H groups in total. The molecule has 0 radical (unpaired) electrons. The maximum atomic E-state index is 12.4. The largest absolute Gasteiger partial charge is 0.497 e. The Morgan fingerprint density at radius 3 is 2.76 bits per heavy atom. The topological polar surface area (TPSA) is 118 Å². The first-order valence-electron chi connectivity index (χ1n) is 7.20. The van der Waals surface area contributed by atoms with Crippen LogP contribution in [0.3, 0.4) is 0 Å². The van der Waals surface area contributed by atoms with Crippen LogP contribution in [0.15, 0.2) is 52.9 Å². The van der Waals surface area contributed by atoms with Crippen molar-refractivity contribution < 1.29 is 18.9 Å². The minimum atomic E-state index is -0.560. The highest BCUT2D eigenvalue weighted by Gasteiger charge is 2.14. The summed E-state index contributed by atoms with van der Waals surface area (Å²) in [6, 6.07) is 12.1. The van der Waals surface area contributed by atoms with Gasteiger partial charge in [0, 0.05) is 29.3 Å². The maximum Gasteiger partial charge on any atom is 0.270 e. The van der Waals surface area contributed by atoms with Gasteiger partial charge >= 0.3 is 0 Å². The average Bonchev–Trinajstić information content (AvgIpc) is 2.60. The van der Waals surface area contributed by atoms with E-state index in [1.165, 1.54) is 31.4 Å². The SMILES string of the molecule is COc1cccc(NC(=O)c2cc3cc([N+](=O)[O-])ccc3oc2=N)c1. The molecule has 1 aromatic heterocycles. The van der Waals surface area contributed by atoms with Crippen LogP contribution >= 0.6 is 0 Å². The number of non-ortho nitro benzene ring substituents is 1.